The molecule has 0 aliphatic carbocycles. The molecule has 2 aromatic heterocycles. The average molecular weight is 403 g/mol. The van der Waals surface area contributed by atoms with E-state index in [0.29, 0.717) is 49.0 Å². The van der Waals surface area contributed by atoms with Crippen LogP contribution < -0.4 is 4.74 Å². The summed E-state index contributed by atoms with van der Waals surface area (Å²) < 4.78 is 5.03. The van der Waals surface area contributed by atoms with Gasteiger partial charge >= 0.3 is 0 Å². The molecule has 0 radical (unpaired) electrons. The fourth-order valence-corrected chi connectivity index (χ4v) is 3.34. The predicted molar refractivity (Wildman–Crippen MR) is 110 cm³/mol. The van der Waals surface area contributed by atoms with Crippen molar-refractivity contribution in [3.05, 3.63) is 72.1 Å². The summed E-state index contributed by atoms with van der Waals surface area (Å²) in [7, 11) is 1.53. The molecule has 3 aromatic rings. The maximum atomic E-state index is 13.0. The zero-order valence-corrected chi connectivity index (χ0v) is 16.6. The molecule has 1 fully saturated rings. The van der Waals surface area contributed by atoms with Gasteiger partial charge in [0.25, 0.3) is 11.8 Å². The van der Waals surface area contributed by atoms with Crippen molar-refractivity contribution in [1.29, 1.82) is 0 Å². The third kappa shape index (κ3) is 4.12. The van der Waals surface area contributed by atoms with E-state index in [1.54, 1.807) is 52.4 Å². The van der Waals surface area contributed by atoms with E-state index in [2.05, 4.69) is 15.2 Å². The van der Waals surface area contributed by atoms with Crippen LogP contribution in [-0.4, -0.2) is 70.1 Å². The first-order chi connectivity index (χ1) is 14.7. The molecule has 152 valence electrons. The molecule has 8 nitrogen and oxygen atoms in total. The molecular weight excluding hydrogens is 382 g/mol. The Morgan fingerprint density at radius 2 is 1.63 bits per heavy atom. The number of ether oxygens (including phenoxy) is 1. The van der Waals surface area contributed by atoms with Gasteiger partial charge in [-0.3, -0.25) is 14.6 Å². The third-order valence-electron chi connectivity index (χ3n) is 4.99. The van der Waals surface area contributed by atoms with Crippen LogP contribution in [0.4, 0.5) is 0 Å². The minimum absolute atomic E-state index is 0.0664. The third-order valence-corrected chi connectivity index (χ3v) is 4.99. The highest BCUT2D eigenvalue weighted by molar-refractivity contribution is 5.96. The quantitative estimate of drug-likeness (QED) is 0.663. The second-order valence-corrected chi connectivity index (χ2v) is 6.84. The average Bonchev–Trinajstić information content (AvgIpc) is 2.84. The topological polar surface area (TPSA) is 88.5 Å². The Kier molecular flexibility index (Phi) is 5.65. The first-order valence-corrected chi connectivity index (χ1v) is 9.63. The fraction of sp³-hybridized carbons (Fsp3) is 0.227. The lowest BCUT2D eigenvalue weighted by Crippen LogP contribution is -2.50. The van der Waals surface area contributed by atoms with Crippen LogP contribution in [0.5, 0.6) is 5.88 Å². The van der Waals surface area contributed by atoms with Crippen LogP contribution in [0.15, 0.2) is 60.8 Å². The highest BCUT2D eigenvalue weighted by atomic mass is 16.5. The van der Waals surface area contributed by atoms with Gasteiger partial charge in [0.2, 0.25) is 5.88 Å². The summed E-state index contributed by atoms with van der Waals surface area (Å²) in [6, 6.07) is 16.1. The van der Waals surface area contributed by atoms with Gasteiger partial charge in [-0.25, -0.2) is 0 Å². The number of pyridine rings is 1. The van der Waals surface area contributed by atoms with Gasteiger partial charge in [0.15, 0.2) is 0 Å². The van der Waals surface area contributed by atoms with Crippen molar-refractivity contribution >= 4 is 11.8 Å². The monoisotopic (exact) mass is 403 g/mol. The molecule has 1 aliphatic rings. The smallest absolute Gasteiger partial charge is 0.272 e. The Morgan fingerprint density at radius 1 is 0.867 bits per heavy atom. The van der Waals surface area contributed by atoms with E-state index >= 15 is 0 Å². The Bertz CT molecular complexity index is 1030. The fourth-order valence-electron chi connectivity index (χ4n) is 3.34. The van der Waals surface area contributed by atoms with E-state index in [0.717, 1.165) is 5.56 Å². The molecular formula is C22H21N5O3. The maximum absolute atomic E-state index is 13.0. The van der Waals surface area contributed by atoms with Crippen molar-refractivity contribution in [3.8, 4) is 17.1 Å². The molecule has 0 bridgehead atoms. The van der Waals surface area contributed by atoms with Crippen molar-refractivity contribution < 1.29 is 14.3 Å². The van der Waals surface area contributed by atoms with Crippen molar-refractivity contribution in [2.24, 2.45) is 0 Å². The van der Waals surface area contributed by atoms with E-state index in [9.17, 15) is 9.59 Å². The molecule has 0 N–H and O–H groups in total. The molecule has 2 amide bonds. The van der Waals surface area contributed by atoms with Gasteiger partial charge in [-0.05, 0) is 30.3 Å². The van der Waals surface area contributed by atoms with Crippen LogP contribution in [0.2, 0.25) is 0 Å². The largest absolute Gasteiger partial charge is 0.480 e. The Hall–Kier alpha value is -3.81. The number of amides is 2. The van der Waals surface area contributed by atoms with Crippen LogP contribution in [0.1, 0.15) is 20.8 Å². The number of methoxy groups -OCH3 is 1. The van der Waals surface area contributed by atoms with Gasteiger partial charge < -0.3 is 14.5 Å². The molecule has 0 saturated carbocycles. The number of nitrogens with zero attached hydrogens (tertiary/aromatic N) is 5. The number of rotatable bonds is 4. The molecule has 1 aromatic carbocycles. The van der Waals surface area contributed by atoms with E-state index < -0.39 is 0 Å². The van der Waals surface area contributed by atoms with Crippen LogP contribution in [0, 0.1) is 0 Å². The minimum atomic E-state index is -0.109. The molecule has 3 heterocycles. The summed E-state index contributed by atoms with van der Waals surface area (Å²) in [5, 5.41) is 8.12. The van der Waals surface area contributed by atoms with E-state index in [4.69, 9.17) is 4.74 Å². The van der Waals surface area contributed by atoms with Gasteiger partial charge in [0.05, 0.1) is 12.8 Å². The highest BCUT2D eigenvalue weighted by Crippen LogP contribution is 2.20. The first kappa shape index (κ1) is 19.5. The SMILES string of the molecule is COc1ccc(-c2cccc(C(=O)N3CCN(C(=O)c4ccccn4)CC3)c2)nn1. The number of hydrogen-bond donors (Lipinski definition) is 0. The van der Waals surface area contributed by atoms with Gasteiger partial charge in [0, 0.05) is 49.6 Å². The molecule has 8 heteroatoms. The zero-order valence-electron chi connectivity index (χ0n) is 16.6. The first-order valence-electron chi connectivity index (χ1n) is 9.63. The van der Waals surface area contributed by atoms with Crippen molar-refractivity contribution in [1.82, 2.24) is 25.0 Å². The molecule has 0 atom stereocenters. The van der Waals surface area contributed by atoms with Crippen LogP contribution in [-0.2, 0) is 0 Å². The summed E-state index contributed by atoms with van der Waals surface area (Å²) in [4.78, 5) is 33.1. The summed E-state index contributed by atoms with van der Waals surface area (Å²) in [6.07, 6.45) is 1.60. The molecule has 30 heavy (non-hydrogen) atoms. The summed E-state index contributed by atoms with van der Waals surface area (Å²) in [6.45, 7) is 1.91. The van der Waals surface area contributed by atoms with E-state index in [1.165, 1.54) is 7.11 Å². The van der Waals surface area contributed by atoms with Crippen LogP contribution in [0.25, 0.3) is 11.3 Å². The number of carbonyl (C=O) groups excluding carboxylic acids is 2. The lowest BCUT2D eigenvalue weighted by Gasteiger charge is -2.34. The second-order valence-electron chi connectivity index (χ2n) is 6.84. The second kappa shape index (κ2) is 8.69. The predicted octanol–water partition coefficient (Wildman–Crippen LogP) is 2.15. The molecule has 1 aliphatic heterocycles. The van der Waals surface area contributed by atoms with E-state index in [1.807, 2.05) is 18.2 Å². The number of benzene rings is 1. The van der Waals surface area contributed by atoms with Gasteiger partial charge in [-0.15, -0.1) is 10.2 Å². The van der Waals surface area contributed by atoms with Gasteiger partial charge in [-0.2, -0.15) is 0 Å². The lowest BCUT2D eigenvalue weighted by atomic mass is 10.1. The van der Waals surface area contributed by atoms with Crippen LogP contribution >= 0.6 is 0 Å². The van der Waals surface area contributed by atoms with E-state index in [-0.39, 0.29) is 11.8 Å². The molecule has 4 rings (SSSR count). The number of aromatic nitrogens is 3. The Morgan fingerprint density at radius 3 is 2.27 bits per heavy atom. The summed E-state index contributed by atoms with van der Waals surface area (Å²) in [5.74, 6) is 0.259. The Balaban J connectivity index is 1.42. The van der Waals surface area contributed by atoms with Gasteiger partial charge in [0.1, 0.15) is 5.69 Å². The Labute approximate surface area is 174 Å². The molecule has 1 saturated heterocycles. The number of hydrogen-bond acceptors (Lipinski definition) is 6. The lowest BCUT2D eigenvalue weighted by molar-refractivity contribution is 0.0532. The number of piperazine rings is 1. The van der Waals surface area contributed by atoms with Crippen LogP contribution in [0.3, 0.4) is 0 Å². The summed E-state index contributed by atoms with van der Waals surface area (Å²) in [5.41, 5.74) is 2.47. The maximum Gasteiger partial charge on any atom is 0.272 e. The zero-order chi connectivity index (χ0) is 20.9. The number of carbonyl (C=O) groups is 2. The van der Waals surface area contributed by atoms with Crippen molar-refractivity contribution in [3.63, 3.8) is 0 Å². The molecule has 0 unspecified atom stereocenters. The molecule has 0 spiro atoms. The standard InChI is InChI=1S/C22H21N5O3/c1-30-20-9-8-18(24-25-20)16-5-4-6-17(15-16)21(28)26-11-13-27(14-12-26)22(29)19-7-2-3-10-23-19/h2-10,15H,11-14H2,1H3. The van der Waals surface area contributed by atoms with Gasteiger partial charge in [-0.1, -0.05) is 18.2 Å². The van der Waals surface area contributed by atoms with Crippen molar-refractivity contribution in [2.75, 3.05) is 33.3 Å². The normalized spacial score (nSPS) is 13.8. The van der Waals surface area contributed by atoms with Crippen molar-refractivity contribution in [2.45, 2.75) is 0 Å². The summed E-state index contributed by atoms with van der Waals surface area (Å²) >= 11 is 0. The minimum Gasteiger partial charge on any atom is -0.480 e. The highest BCUT2D eigenvalue weighted by Gasteiger charge is 2.26.